The summed E-state index contributed by atoms with van der Waals surface area (Å²) in [5.41, 5.74) is 7.43. The van der Waals surface area contributed by atoms with Gasteiger partial charge in [-0.3, -0.25) is 0 Å². The largest absolute Gasteiger partial charge is 0.411 e. The Balaban J connectivity index is 1.81. The first kappa shape index (κ1) is 14.1. The zero-order valence-corrected chi connectivity index (χ0v) is 13.8. The van der Waals surface area contributed by atoms with E-state index in [-0.39, 0.29) is 0 Å². The number of likely N-dealkylation sites (N-methyl/N-ethyl adjacent to an activating group) is 1. The zero-order valence-electron chi connectivity index (χ0n) is 13.8. The van der Waals surface area contributed by atoms with E-state index in [2.05, 4.69) is 64.5 Å². The first-order valence-electron chi connectivity index (χ1n) is 8.64. The van der Waals surface area contributed by atoms with Crippen molar-refractivity contribution in [3.05, 3.63) is 64.7 Å². The van der Waals surface area contributed by atoms with Gasteiger partial charge in [-0.2, -0.15) is 0 Å². The number of oxime groups is 1. The highest BCUT2D eigenvalue weighted by Gasteiger charge is 2.42. The van der Waals surface area contributed by atoms with Crippen molar-refractivity contribution in [2.75, 3.05) is 25.0 Å². The molecule has 4 heteroatoms. The molecule has 0 radical (unpaired) electrons. The molecule has 3 heterocycles. The van der Waals surface area contributed by atoms with Crippen LogP contribution in [0.5, 0.6) is 0 Å². The van der Waals surface area contributed by atoms with Gasteiger partial charge in [0.1, 0.15) is 0 Å². The highest BCUT2D eigenvalue weighted by molar-refractivity contribution is 6.08. The number of hydrogen-bond acceptors (Lipinski definition) is 4. The van der Waals surface area contributed by atoms with E-state index in [0.29, 0.717) is 12.1 Å². The van der Waals surface area contributed by atoms with E-state index in [0.717, 1.165) is 37.2 Å². The molecule has 2 aromatic rings. The Morgan fingerprint density at radius 2 is 1.88 bits per heavy atom. The van der Waals surface area contributed by atoms with E-state index in [1.807, 2.05) is 0 Å². The molecule has 1 saturated heterocycles. The normalized spacial score (nSPS) is 26.7. The Bertz CT molecular complexity index is 845. The van der Waals surface area contributed by atoms with Crippen molar-refractivity contribution in [3.8, 4) is 0 Å². The number of para-hydroxylation sites is 1. The highest BCUT2D eigenvalue weighted by Crippen LogP contribution is 2.46. The van der Waals surface area contributed by atoms with Crippen molar-refractivity contribution < 1.29 is 5.21 Å². The van der Waals surface area contributed by atoms with Crippen LogP contribution in [0.3, 0.4) is 0 Å². The van der Waals surface area contributed by atoms with Crippen molar-refractivity contribution in [2.24, 2.45) is 5.16 Å². The summed E-state index contributed by atoms with van der Waals surface area (Å²) < 4.78 is 0. The second-order valence-corrected chi connectivity index (χ2v) is 7.24. The van der Waals surface area contributed by atoms with Crippen molar-refractivity contribution in [2.45, 2.75) is 24.9 Å². The molecular weight excluding hydrogens is 298 g/mol. The van der Waals surface area contributed by atoms with Crippen LogP contribution in [0.15, 0.2) is 47.6 Å². The molecule has 4 nitrogen and oxygen atoms in total. The lowest BCUT2D eigenvalue weighted by molar-refractivity contribution is 0.225. The maximum Gasteiger partial charge on any atom is 0.0909 e. The fourth-order valence-electron chi connectivity index (χ4n) is 4.83. The lowest BCUT2D eigenvalue weighted by Gasteiger charge is -2.50. The quantitative estimate of drug-likeness (QED) is 0.599. The molecular formula is C20H21N3O. The van der Waals surface area contributed by atoms with E-state index in [1.165, 1.54) is 22.4 Å². The molecule has 122 valence electrons. The van der Waals surface area contributed by atoms with Gasteiger partial charge < -0.3 is 15.0 Å². The van der Waals surface area contributed by atoms with Gasteiger partial charge in [0.05, 0.1) is 17.4 Å². The lowest BCUT2D eigenvalue weighted by atomic mass is 9.88. The fourth-order valence-corrected chi connectivity index (χ4v) is 4.83. The number of fused-ring (bicyclic) bond motifs is 2. The summed E-state index contributed by atoms with van der Waals surface area (Å²) in [6.07, 6.45) is 1.75. The summed E-state index contributed by atoms with van der Waals surface area (Å²) >= 11 is 0. The predicted octanol–water partition coefficient (Wildman–Crippen LogP) is 3.03. The van der Waals surface area contributed by atoms with E-state index in [1.54, 1.807) is 0 Å². The molecule has 0 aromatic heterocycles. The first-order valence-corrected chi connectivity index (χ1v) is 8.64. The lowest BCUT2D eigenvalue weighted by Crippen LogP contribution is -2.56. The van der Waals surface area contributed by atoms with E-state index in [9.17, 15) is 5.21 Å². The third-order valence-electron chi connectivity index (χ3n) is 5.77. The molecule has 1 fully saturated rings. The third kappa shape index (κ3) is 1.86. The van der Waals surface area contributed by atoms with Crippen LogP contribution in [0.1, 0.15) is 34.7 Å². The Labute approximate surface area is 142 Å². The van der Waals surface area contributed by atoms with Crippen LogP contribution in [0.4, 0.5) is 5.69 Å². The van der Waals surface area contributed by atoms with Crippen LogP contribution in [-0.4, -0.2) is 42.0 Å². The van der Waals surface area contributed by atoms with Crippen LogP contribution in [0.2, 0.25) is 0 Å². The third-order valence-corrected chi connectivity index (χ3v) is 5.77. The molecule has 2 aromatic carbocycles. The molecule has 5 rings (SSSR count). The molecule has 3 aliphatic rings. The van der Waals surface area contributed by atoms with Crippen molar-refractivity contribution >= 4 is 11.4 Å². The molecule has 0 aliphatic carbocycles. The summed E-state index contributed by atoms with van der Waals surface area (Å²) in [5, 5.41) is 13.2. The smallest absolute Gasteiger partial charge is 0.0909 e. The van der Waals surface area contributed by atoms with Gasteiger partial charge in [-0.25, -0.2) is 0 Å². The van der Waals surface area contributed by atoms with E-state index < -0.39 is 0 Å². The Morgan fingerprint density at radius 3 is 2.75 bits per heavy atom. The summed E-state index contributed by atoms with van der Waals surface area (Å²) in [5.74, 6) is 0. The van der Waals surface area contributed by atoms with E-state index in [4.69, 9.17) is 0 Å². The number of hydrogen-bond donors (Lipinski definition) is 1. The number of benzene rings is 2. The van der Waals surface area contributed by atoms with Gasteiger partial charge in [0.25, 0.3) is 0 Å². The average molecular weight is 319 g/mol. The van der Waals surface area contributed by atoms with Crippen molar-refractivity contribution in [1.29, 1.82) is 0 Å². The van der Waals surface area contributed by atoms with Crippen molar-refractivity contribution in [3.63, 3.8) is 0 Å². The Hall–Kier alpha value is -2.33. The molecule has 2 unspecified atom stereocenters. The van der Waals surface area contributed by atoms with Gasteiger partial charge in [0.15, 0.2) is 0 Å². The molecule has 24 heavy (non-hydrogen) atoms. The van der Waals surface area contributed by atoms with Crippen LogP contribution in [0, 0.1) is 0 Å². The van der Waals surface area contributed by atoms with Gasteiger partial charge in [0.2, 0.25) is 0 Å². The number of piperazine rings is 1. The maximum absolute atomic E-state index is 9.57. The molecule has 0 bridgehead atoms. The maximum atomic E-state index is 9.57. The number of anilines is 1. The summed E-state index contributed by atoms with van der Waals surface area (Å²) in [6.45, 7) is 2.04. The van der Waals surface area contributed by atoms with Crippen LogP contribution in [0.25, 0.3) is 0 Å². The summed E-state index contributed by atoms with van der Waals surface area (Å²) in [7, 11) is 2.20. The SMILES string of the molecule is CN1CC2CC(=NO)c3cccc4c3N2C(C1)c1ccccc1C4. The van der Waals surface area contributed by atoms with Crippen molar-refractivity contribution in [1.82, 2.24) is 4.90 Å². The molecule has 2 atom stereocenters. The van der Waals surface area contributed by atoms with Crippen LogP contribution < -0.4 is 4.90 Å². The van der Waals surface area contributed by atoms with Crippen LogP contribution in [-0.2, 0) is 6.42 Å². The molecule has 0 saturated carbocycles. The van der Waals surface area contributed by atoms with Gasteiger partial charge in [-0.1, -0.05) is 47.6 Å². The standard InChI is InChI=1S/C20H21N3O/c1-22-11-15-10-18(21-24)17-8-4-6-14-9-13-5-2-3-7-16(13)19(12-22)23(15)20(14)17/h2-8,15,19,24H,9-12H2,1H3. The molecule has 0 amide bonds. The van der Waals surface area contributed by atoms with E-state index >= 15 is 0 Å². The Morgan fingerprint density at radius 1 is 1.04 bits per heavy atom. The molecule has 0 spiro atoms. The fraction of sp³-hybridized carbons (Fsp3) is 0.350. The van der Waals surface area contributed by atoms with Gasteiger partial charge >= 0.3 is 0 Å². The van der Waals surface area contributed by atoms with Gasteiger partial charge in [-0.05, 0) is 30.2 Å². The average Bonchev–Trinajstić information content (AvgIpc) is 2.74. The predicted molar refractivity (Wildman–Crippen MR) is 95.1 cm³/mol. The minimum Gasteiger partial charge on any atom is -0.411 e. The Kier molecular flexibility index (Phi) is 2.98. The zero-order chi connectivity index (χ0) is 16.3. The monoisotopic (exact) mass is 319 g/mol. The number of rotatable bonds is 0. The molecule has 1 N–H and O–H groups in total. The minimum absolute atomic E-state index is 0.361. The molecule has 3 aliphatic heterocycles. The minimum atomic E-state index is 0.361. The number of nitrogens with zero attached hydrogens (tertiary/aromatic N) is 3. The highest BCUT2D eigenvalue weighted by atomic mass is 16.4. The second-order valence-electron chi connectivity index (χ2n) is 7.24. The summed E-state index contributed by atoms with van der Waals surface area (Å²) in [4.78, 5) is 5.03. The van der Waals surface area contributed by atoms with Gasteiger partial charge in [0, 0.05) is 31.1 Å². The summed E-state index contributed by atoms with van der Waals surface area (Å²) in [6, 6.07) is 16.0. The first-order chi connectivity index (χ1) is 11.8. The van der Waals surface area contributed by atoms with Crippen LogP contribution >= 0.6 is 0 Å². The van der Waals surface area contributed by atoms with Gasteiger partial charge in [-0.15, -0.1) is 0 Å². The second kappa shape index (κ2) is 5.08. The topological polar surface area (TPSA) is 39.1 Å².